The maximum absolute atomic E-state index is 13.2. The second-order valence-electron chi connectivity index (χ2n) is 8.17. The smallest absolute Gasteiger partial charge is 0.255 e. The van der Waals surface area contributed by atoms with Gasteiger partial charge < -0.3 is 14.4 Å². The third-order valence-corrected chi connectivity index (χ3v) is 8.19. The number of hydrogen-bond acceptors (Lipinski definition) is 6. The molecule has 0 radical (unpaired) electrons. The number of benzene rings is 2. The van der Waals surface area contributed by atoms with Gasteiger partial charge in [-0.2, -0.15) is 0 Å². The SMILES string of the molecule is COc1ccc(CCNS(=O)(=O)c2ccc(SC)c(C(=O)N3CCC(C)CC3)c2)cc1OC. The average Bonchev–Trinajstić information content (AvgIpc) is 2.83. The maximum atomic E-state index is 13.2. The summed E-state index contributed by atoms with van der Waals surface area (Å²) in [5.41, 5.74) is 1.36. The van der Waals surface area contributed by atoms with E-state index in [-0.39, 0.29) is 17.3 Å². The first-order valence-electron chi connectivity index (χ1n) is 11.0. The highest BCUT2D eigenvalue weighted by Gasteiger charge is 2.25. The molecule has 33 heavy (non-hydrogen) atoms. The van der Waals surface area contributed by atoms with Crippen LogP contribution in [0.3, 0.4) is 0 Å². The van der Waals surface area contributed by atoms with E-state index in [9.17, 15) is 13.2 Å². The molecule has 0 spiro atoms. The molecule has 0 aliphatic carbocycles. The Labute approximate surface area is 200 Å². The Balaban J connectivity index is 1.72. The van der Waals surface area contributed by atoms with Crippen LogP contribution in [0.25, 0.3) is 0 Å². The van der Waals surface area contributed by atoms with Crippen molar-refractivity contribution in [3.63, 3.8) is 0 Å². The summed E-state index contributed by atoms with van der Waals surface area (Å²) in [5.74, 6) is 1.72. The predicted molar refractivity (Wildman–Crippen MR) is 131 cm³/mol. The maximum Gasteiger partial charge on any atom is 0.255 e. The summed E-state index contributed by atoms with van der Waals surface area (Å²) < 4.78 is 39.1. The number of thioether (sulfide) groups is 1. The van der Waals surface area contributed by atoms with E-state index in [1.54, 1.807) is 32.4 Å². The number of methoxy groups -OCH3 is 2. The lowest BCUT2D eigenvalue weighted by Gasteiger charge is -2.30. The molecule has 0 unspecified atom stereocenters. The van der Waals surface area contributed by atoms with Crippen molar-refractivity contribution in [1.82, 2.24) is 9.62 Å². The van der Waals surface area contributed by atoms with Crippen LogP contribution in [0.2, 0.25) is 0 Å². The van der Waals surface area contributed by atoms with Gasteiger partial charge in [0.05, 0.1) is 24.7 Å². The van der Waals surface area contributed by atoms with Crippen molar-refractivity contribution in [1.29, 1.82) is 0 Å². The van der Waals surface area contributed by atoms with Crippen molar-refractivity contribution in [2.75, 3.05) is 40.1 Å². The van der Waals surface area contributed by atoms with Crippen LogP contribution in [-0.2, 0) is 16.4 Å². The number of rotatable bonds is 9. The summed E-state index contributed by atoms with van der Waals surface area (Å²) in [4.78, 5) is 15.9. The summed E-state index contributed by atoms with van der Waals surface area (Å²) in [6.45, 7) is 3.81. The number of carbonyl (C=O) groups excluding carboxylic acids is 1. The van der Waals surface area contributed by atoms with E-state index in [1.807, 2.05) is 23.3 Å². The molecule has 1 N–H and O–H groups in total. The molecule has 7 nitrogen and oxygen atoms in total. The lowest BCUT2D eigenvalue weighted by Crippen LogP contribution is -2.38. The Hall–Kier alpha value is -2.23. The first-order valence-corrected chi connectivity index (χ1v) is 13.7. The van der Waals surface area contributed by atoms with E-state index in [1.165, 1.54) is 17.8 Å². The Morgan fingerprint density at radius 2 is 1.79 bits per heavy atom. The fraction of sp³-hybridized carbons (Fsp3) is 0.458. The Bertz CT molecular complexity index is 1080. The first-order chi connectivity index (χ1) is 15.8. The fourth-order valence-electron chi connectivity index (χ4n) is 3.85. The van der Waals surface area contributed by atoms with Gasteiger partial charge in [-0.05, 0) is 67.3 Å². The first kappa shape index (κ1) is 25.4. The Morgan fingerprint density at radius 1 is 1.09 bits per heavy atom. The van der Waals surface area contributed by atoms with Crippen LogP contribution in [-0.4, -0.2) is 59.3 Å². The number of carbonyl (C=O) groups is 1. The molecule has 0 atom stereocenters. The van der Waals surface area contributed by atoms with Gasteiger partial charge in [0.2, 0.25) is 10.0 Å². The van der Waals surface area contributed by atoms with Crippen molar-refractivity contribution in [3.05, 3.63) is 47.5 Å². The highest BCUT2D eigenvalue weighted by atomic mass is 32.2. The van der Waals surface area contributed by atoms with Gasteiger partial charge in [-0.3, -0.25) is 4.79 Å². The number of hydrogen-bond donors (Lipinski definition) is 1. The van der Waals surface area contributed by atoms with Crippen molar-refractivity contribution >= 4 is 27.7 Å². The number of sulfonamides is 1. The van der Waals surface area contributed by atoms with Crippen LogP contribution in [0.1, 0.15) is 35.7 Å². The van der Waals surface area contributed by atoms with Crippen LogP contribution in [0.4, 0.5) is 0 Å². The van der Waals surface area contributed by atoms with Gasteiger partial charge in [-0.1, -0.05) is 13.0 Å². The standard InChI is InChI=1S/C24H32N2O5S2/c1-17-10-13-26(14-11-17)24(27)20-16-19(6-8-23(20)32-4)33(28,29)25-12-9-18-5-7-21(30-2)22(15-18)31-3/h5-8,15-17,25H,9-14H2,1-4H3. The van der Waals surface area contributed by atoms with Crippen molar-refractivity contribution in [3.8, 4) is 11.5 Å². The highest BCUT2D eigenvalue weighted by molar-refractivity contribution is 7.98. The second-order valence-corrected chi connectivity index (χ2v) is 10.8. The highest BCUT2D eigenvalue weighted by Crippen LogP contribution is 2.28. The molecule has 0 saturated carbocycles. The number of amides is 1. The molecule has 0 bridgehead atoms. The van der Waals surface area contributed by atoms with Gasteiger partial charge in [0.1, 0.15) is 0 Å². The number of piperidine rings is 1. The normalized spacial score (nSPS) is 14.8. The van der Waals surface area contributed by atoms with Crippen molar-refractivity contribution < 1.29 is 22.7 Å². The van der Waals surface area contributed by atoms with Crippen LogP contribution >= 0.6 is 11.8 Å². The molecule has 1 aliphatic rings. The molecule has 1 amide bonds. The quantitative estimate of drug-likeness (QED) is 0.536. The Morgan fingerprint density at radius 3 is 2.42 bits per heavy atom. The van der Waals surface area contributed by atoms with E-state index in [2.05, 4.69) is 11.6 Å². The topological polar surface area (TPSA) is 84.9 Å². The zero-order chi connectivity index (χ0) is 24.0. The summed E-state index contributed by atoms with van der Waals surface area (Å²) in [6.07, 6.45) is 4.31. The van der Waals surface area contributed by atoms with Gasteiger partial charge >= 0.3 is 0 Å². The lowest BCUT2D eigenvalue weighted by molar-refractivity contribution is 0.0693. The summed E-state index contributed by atoms with van der Waals surface area (Å²) in [7, 11) is -0.636. The molecule has 0 aromatic heterocycles. The zero-order valence-electron chi connectivity index (χ0n) is 19.6. The number of nitrogens with zero attached hydrogens (tertiary/aromatic N) is 1. The molecule has 1 heterocycles. The molecule has 1 aliphatic heterocycles. The molecular formula is C24H32N2O5S2. The molecule has 2 aromatic rings. The van der Waals surface area contributed by atoms with Crippen molar-refractivity contribution in [2.45, 2.75) is 36.0 Å². The Kier molecular flexibility index (Phi) is 8.67. The number of ether oxygens (including phenoxy) is 2. The van der Waals surface area contributed by atoms with Gasteiger partial charge in [0, 0.05) is 24.5 Å². The molecular weight excluding hydrogens is 460 g/mol. The minimum atomic E-state index is -3.77. The summed E-state index contributed by atoms with van der Waals surface area (Å²) in [6, 6.07) is 10.3. The van der Waals surface area contributed by atoms with Gasteiger partial charge in [-0.15, -0.1) is 11.8 Å². The molecule has 1 saturated heterocycles. The lowest BCUT2D eigenvalue weighted by atomic mass is 9.98. The monoisotopic (exact) mass is 492 g/mol. The fourth-order valence-corrected chi connectivity index (χ4v) is 5.48. The van der Waals surface area contributed by atoms with Crippen LogP contribution in [0.5, 0.6) is 11.5 Å². The van der Waals surface area contributed by atoms with Gasteiger partial charge in [0.15, 0.2) is 11.5 Å². The molecule has 3 rings (SSSR count). The van der Waals surface area contributed by atoms with Crippen molar-refractivity contribution in [2.24, 2.45) is 5.92 Å². The third kappa shape index (κ3) is 6.22. The molecule has 180 valence electrons. The van der Waals surface area contributed by atoms with E-state index >= 15 is 0 Å². The van der Waals surface area contributed by atoms with Gasteiger partial charge in [0.25, 0.3) is 5.91 Å². The predicted octanol–water partition coefficient (Wildman–Crippen LogP) is 3.82. The molecule has 2 aromatic carbocycles. The minimum absolute atomic E-state index is 0.0985. The zero-order valence-corrected chi connectivity index (χ0v) is 21.2. The van der Waals surface area contributed by atoms with Crippen LogP contribution in [0, 0.1) is 5.92 Å². The molecule has 1 fully saturated rings. The van der Waals surface area contributed by atoms with Crippen LogP contribution in [0.15, 0.2) is 46.2 Å². The molecule has 9 heteroatoms. The third-order valence-electron chi connectivity index (χ3n) is 5.94. The van der Waals surface area contributed by atoms with E-state index in [4.69, 9.17) is 9.47 Å². The van der Waals surface area contributed by atoms with Crippen LogP contribution < -0.4 is 14.2 Å². The van der Waals surface area contributed by atoms with E-state index in [0.29, 0.717) is 42.5 Å². The average molecular weight is 493 g/mol. The summed E-state index contributed by atoms with van der Waals surface area (Å²) in [5, 5.41) is 0. The second kappa shape index (κ2) is 11.3. The van der Waals surface area contributed by atoms with Gasteiger partial charge in [-0.25, -0.2) is 13.1 Å². The minimum Gasteiger partial charge on any atom is -0.493 e. The van der Waals surface area contributed by atoms with E-state index < -0.39 is 10.0 Å². The summed E-state index contributed by atoms with van der Waals surface area (Å²) >= 11 is 1.44. The number of nitrogens with one attached hydrogen (secondary N) is 1. The van der Waals surface area contributed by atoms with E-state index in [0.717, 1.165) is 23.3 Å². The number of likely N-dealkylation sites (tertiary alicyclic amines) is 1. The largest absolute Gasteiger partial charge is 0.493 e.